The number of carbonyl (C=O) groups excluding carboxylic acids is 1. The van der Waals surface area contributed by atoms with Crippen LogP contribution in [0.5, 0.6) is 0 Å². The monoisotopic (exact) mass is 435 g/mol. The van der Waals surface area contributed by atoms with Gasteiger partial charge in [0.15, 0.2) is 5.78 Å². The van der Waals surface area contributed by atoms with Crippen molar-refractivity contribution < 1.29 is 9.90 Å². The van der Waals surface area contributed by atoms with E-state index in [2.05, 4.69) is 17.1 Å². The van der Waals surface area contributed by atoms with Gasteiger partial charge in [0.2, 0.25) is 0 Å². The minimum atomic E-state index is -0.451. The van der Waals surface area contributed by atoms with Crippen LogP contribution in [0.3, 0.4) is 0 Å². The van der Waals surface area contributed by atoms with E-state index >= 15 is 0 Å². The van der Waals surface area contributed by atoms with Crippen LogP contribution in [-0.2, 0) is 11.3 Å². The van der Waals surface area contributed by atoms with Gasteiger partial charge in [0.05, 0.1) is 5.60 Å². The second-order valence-electron chi connectivity index (χ2n) is 12.0. The lowest BCUT2D eigenvalue weighted by molar-refractivity contribution is -0.133. The molecule has 0 aliphatic heterocycles. The van der Waals surface area contributed by atoms with Crippen molar-refractivity contribution in [3.05, 3.63) is 24.3 Å². The van der Waals surface area contributed by atoms with Crippen molar-refractivity contribution in [2.45, 2.75) is 83.8 Å². The van der Waals surface area contributed by atoms with Crippen LogP contribution in [-0.4, -0.2) is 31.5 Å². The SMILES string of the molecule is C[C@@]1(O)CC[C@H]2[C@@H](CC[C@@H]3[C@@H]2CC[C@]2(C)[C@H](C(=O)Cn4nc5ccccc5n4)CC[C@@H]32)C1. The molecule has 0 bridgehead atoms. The first-order valence-corrected chi connectivity index (χ1v) is 12.9. The number of rotatable bonds is 3. The van der Waals surface area contributed by atoms with Crippen molar-refractivity contribution in [3.63, 3.8) is 0 Å². The Labute approximate surface area is 191 Å². The van der Waals surface area contributed by atoms with E-state index in [9.17, 15) is 9.90 Å². The zero-order valence-corrected chi connectivity index (χ0v) is 19.5. The highest BCUT2D eigenvalue weighted by Crippen LogP contribution is 2.64. The van der Waals surface area contributed by atoms with E-state index in [1.54, 1.807) is 4.80 Å². The molecular formula is C27H37N3O2. The third-order valence-corrected chi connectivity index (χ3v) is 10.3. The van der Waals surface area contributed by atoms with Gasteiger partial charge < -0.3 is 5.11 Å². The molecule has 4 fully saturated rings. The average molecular weight is 436 g/mol. The highest BCUT2D eigenvalue weighted by atomic mass is 16.3. The first-order chi connectivity index (χ1) is 15.3. The molecule has 4 aliphatic rings. The third kappa shape index (κ3) is 3.26. The molecule has 0 unspecified atom stereocenters. The summed E-state index contributed by atoms with van der Waals surface area (Å²) in [7, 11) is 0. The molecule has 2 aromatic rings. The van der Waals surface area contributed by atoms with E-state index in [-0.39, 0.29) is 11.3 Å². The maximum Gasteiger partial charge on any atom is 0.159 e. The van der Waals surface area contributed by atoms with Crippen LogP contribution >= 0.6 is 0 Å². The highest BCUT2D eigenvalue weighted by Gasteiger charge is 2.58. The molecule has 172 valence electrons. The number of fused-ring (bicyclic) bond motifs is 6. The fourth-order valence-electron chi connectivity index (χ4n) is 8.84. The van der Waals surface area contributed by atoms with Crippen molar-refractivity contribution >= 4 is 16.8 Å². The normalized spacial score (nSPS) is 43.5. The number of hydrogen-bond donors (Lipinski definition) is 1. The number of ketones is 1. The molecule has 4 saturated carbocycles. The Morgan fingerprint density at radius 2 is 1.69 bits per heavy atom. The van der Waals surface area contributed by atoms with Gasteiger partial charge in [-0.1, -0.05) is 19.1 Å². The average Bonchev–Trinajstić information content (AvgIpc) is 3.32. The summed E-state index contributed by atoms with van der Waals surface area (Å²) in [5.41, 5.74) is 1.41. The second-order valence-corrected chi connectivity index (χ2v) is 12.0. The van der Waals surface area contributed by atoms with Crippen LogP contribution in [0, 0.1) is 40.9 Å². The van der Waals surface area contributed by atoms with E-state index in [0.29, 0.717) is 24.2 Å². The van der Waals surface area contributed by atoms with E-state index in [0.717, 1.165) is 48.0 Å². The van der Waals surface area contributed by atoms with Gasteiger partial charge >= 0.3 is 0 Å². The second kappa shape index (κ2) is 7.38. The zero-order chi connectivity index (χ0) is 22.1. The molecule has 0 radical (unpaired) electrons. The molecule has 32 heavy (non-hydrogen) atoms. The van der Waals surface area contributed by atoms with Gasteiger partial charge in [-0.15, -0.1) is 0 Å². The number of aliphatic hydroxyl groups is 1. The summed E-state index contributed by atoms with van der Waals surface area (Å²) in [6, 6.07) is 7.84. The van der Waals surface area contributed by atoms with Crippen molar-refractivity contribution in [2.24, 2.45) is 40.9 Å². The van der Waals surface area contributed by atoms with Gasteiger partial charge in [0, 0.05) is 5.92 Å². The van der Waals surface area contributed by atoms with Crippen LogP contribution in [0.1, 0.15) is 71.6 Å². The number of carbonyl (C=O) groups is 1. The molecule has 5 nitrogen and oxygen atoms in total. The molecule has 0 amide bonds. The summed E-state index contributed by atoms with van der Waals surface area (Å²) in [5.74, 6) is 4.26. The predicted molar refractivity (Wildman–Crippen MR) is 124 cm³/mol. The largest absolute Gasteiger partial charge is 0.390 e. The van der Waals surface area contributed by atoms with Crippen LogP contribution in [0.15, 0.2) is 24.3 Å². The molecule has 1 aromatic heterocycles. The molecule has 5 heteroatoms. The van der Waals surface area contributed by atoms with Gasteiger partial charge in [-0.25, -0.2) is 0 Å². The number of hydrogen-bond acceptors (Lipinski definition) is 4. The molecule has 4 aliphatic carbocycles. The Bertz CT molecular complexity index is 996. The lowest BCUT2D eigenvalue weighted by atomic mass is 9.49. The Balaban J connectivity index is 1.18. The van der Waals surface area contributed by atoms with Crippen LogP contribution in [0.2, 0.25) is 0 Å². The summed E-state index contributed by atoms with van der Waals surface area (Å²) in [6.45, 7) is 4.77. The Morgan fingerprint density at radius 3 is 2.44 bits per heavy atom. The van der Waals surface area contributed by atoms with Crippen molar-refractivity contribution in [1.82, 2.24) is 15.0 Å². The summed E-state index contributed by atoms with van der Waals surface area (Å²) in [5, 5.41) is 19.7. The summed E-state index contributed by atoms with van der Waals surface area (Å²) in [4.78, 5) is 15.1. The quantitative estimate of drug-likeness (QED) is 0.735. The van der Waals surface area contributed by atoms with E-state index in [1.807, 2.05) is 31.2 Å². The Hall–Kier alpha value is -1.75. The molecule has 8 atom stereocenters. The predicted octanol–water partition coefficient (Wildman–Crippen LogP) is 5.02. The fraction of sp³-hybridized carbons (Fsp3) is 0.741. The van der Waals surface area contributed by atoms with Crippen LogP contribution in [0.4, 0.5) is 0 Å². The van der Waals surface area contributed by atoms with Crippen molar-refractivity contribution in [1.29, 1.82) is 0 Å². The lowest BCUT2D eigenvalue weighted by Gasteiger charge is -2.56. The molecule has 6 rings (SSSR count). The summed E-state index contributed by atoms with van der Waals surface area (Å²) >= 11 is 0. The lowest BCUT2D eigenvalue weighted by Crippen LogP contribution is -2.51. The van der Waals surface area contributed by atoms with E-state index in [4.69, 9.17) is 0 Å². The van der Waals surface area contributed by atoms with Gasteiger partial charge in [0.1, 0.15) is 17.6 Å². The first-order valence-electron chi connectivity index (χ1n) is 12.9. The number of benzene rings is 1. The maximum atomic E-state index is 13.5. The van der Waals surface area contributed by atoms with Crippen LogP contribution in [0.25, 0.3) is 11.0 Å². The maximum absolute atomic E-state index is 13.5. The topological polar surface area (TPSA) is 68.0 Å². The van der Waals surface area contributed by atoms with Gasteiger partial charge in [0.25, 0.3) is 0 Å². The molecular weight excluding hydrogens is 398 g/mol. The van der Waals surface area contributed by atoms with Gasteiger partial charge in [-0.05, 0) is 112 Å². The molecule has 0 spiro atoms. The minimum absolute atomic E-state index is 0.137. The highest BCUT2D eigenvalue weighted by molar-refractivity contribution is 5.82. The number of Topliss-reactive ketones (excluding diaryl/α,β-unsaturated/α-hetero) is 1. The summed E-state index contributed by atoms with van der Waals surface area (Å²) < 4.78 is 0. The molecule has 1 aromatic carbocycles. The van der Waals surface area contributed by atoms with Crippen LogP contribution < -0.4 is 0 Å². The van der Waals surface area contributed by atoms with Crippen molar-refractivity contribution in [3.8, 4) is 0 Å². The molecule has 1 N–H and O–H groups in total. The van der Waals surface area contributed by atoms with E-state index in [1.165, 1.54) is 38.5 Å². The standard InChI is InChI=1S/C27H37N3O2/c1-26(32)13-11-18-17(15-26)7-8-20-19(18)12-14-27(2)21(20)9-10-22(27)25(31)16-30-28-23-5-3-4-6-24(23)29-30/h3-6,17-22,32H,7-16H2,1-2H3/t17-,18-,19+,20+,21-,22-,26+,27-/m0/s1. The summed E-state index contributed by atoms with van der Waals surface area (Å²) in [6.07, 6.45) is 10.4. The van der Waals surface area contributed by atoms with Gasteiger partial charge in [-0.3, -0.25) is 4.79 Å². The minimum Gasteiger partial charge on any atom is -0.390 e. The smallest absolute Gasteiger partial charge is 0.159 e. The van der Waals surface area contributed by atoms with Crippen molar-refractivity contribution in [2.75, 3.05) is 0 Å². The molecule has 1 heterocycles. The zero-order valence-electron chi connectivity index (χ0n) is 19.5. The van der Waals surface area contributed by atoms with E-state index < -0.39 is 5.60 Å². The third-order valence-electron chi connectivity index (χ3n) is 10.3. The first kappa shape index (κ1) is 20.8. The Kier molecular flexibility index (Phi) is 4.80. The molecule has 0 saturated heterocycles. The fourth-order valence-corrected chi connectivity index (χ4v) is 8.84. The number of aromatic nitrogens is 3. The van der Waals surface area contributed by atoms with Gasteiger partial charge in [-0.2, -0.15) is 15.0 Å². The number of nitrogens with zero attached hydrogens (tertiary/aromatic N) is 3. The Morgan fingerprint density at radius 1 is 0.969 bits per heavy atom.